The Morgan fingerprint density at radius 1 is 1.32 bits per heavy atom. The van der Waals surface area contributed by atoms with Gasteiger partial charge in [0.05, 0.1) is 5.56 Å². The highest BCUT2D eigenvalue weighted by Crippen LogP contribution is 2.29. The van der Waals surface area contributed by atoms with Gasteiger partial charge in [-0.15, -0.1) is 11.8 Å². The van der Waals surface area contributed by atoms with Gasteiger partial charge < -0.3 is 21.4 Å². The van der Waals surface area contributed by atoms with Crippen LogP contribution in [0.5, 0.6) is 0 Å². The highest BCUT2D eigenvalue weighted by atomic mass is 32.2. The SMILES string of the molecule is C\C=C/C(=C\C=C(/C)SC1CCN(C(C)=O)CC1)CNC(=O)c1cnc(N)c(C=N)c1. The quantitative estimate of drug-likeness (QED) is 0.422. The predicted octanol–water partition coefficient (Wildman–Crippen LogP) is 3.54. The summed E-state index contributed by atoms with van der Waals surface area (Å²) in [6.45, 7) is 7.67. The number of pyridine rings is 1. The molecule has 7 nitrogen and oxygen atoms in total. The number of aromatic nitrogens is 1. The van der Waals surface area contributed by atoms with Gasteiger partial charge in [-0.2, -0.15) is 0 Å². The van der Waals surface area contributed by atoms with Crippen molar-refractivity contribution in [3.63, 3.8) is 0 Å². The number of carbonyl (C=O) groups excluding carboxylic acids is 2. The number of nitrogens with one attached hydrogen (secondary N) is 2. The minimum absolute atomic E-state index is 0.153. The summed E-state index contributed by atoms with van der Waals surface area (Å²) in [4.78, 5) is 31.0. The first kappa shape index (κ1) is 24.4. The van der Waals surface area contributed by atoms with Crippen LogP contribution in [-0.2, 0) is 4.79 Å². The van der Waals surface area contributed by atoms with Crippen molar-refractivity contribution in [2.24, 2.45) is 0 Å². The van der Waals surface area contributed by atoms with Crippen molar-refractivity contribution >= 4 is 35.6 Å². The predicted molar refractivity (Wildman–Crippen MR) is 128 cm³/mol. The number of hydrogen-bond acceptors (Lipinski definition) is 6. The van der Waals surface area contributed by atoms with E-state index in [0.717, 1.165) is 37.7 Å². The Labute approximate surface area is 188 Å². The van der Waals surface area contributed by atoms with E-state index in [-0.39, 0.29) is 17.6 Å². The van der Waals surface area contributed by atoms with Crippen LogP contribution in [0, 0.1) is 5.41 Å². The summed E-state index contributed by atoms with van der Waals surface area (Å²) < 4.78 is 0. The van der Waals surface area contributed by atoms with Crippen LogP contribution < -0.4 is 11.1 Å². The first-order valence-electron chi connectivity index (χ1n) is 10.3. The van der Waals surface area contributed by atoms with Gasteiger partial charge in [-0.1, -0.05) is 24.3 Å². The smallest absolute Gasteiger partial charge is 0.253 e. The summed E-state index contributed by atoms with van der Waals surface area (Å²) >= 11 is 1.85. The molecule has 1 saturated heterocycles. The van der Waals surface area contributed by atoms with E-state index in [1.807, 2.05) is 41.8 Å². The molecular formula is C23H31N5O2S. The molecule has 1 fully saturated rings. The Morgan fingerprint density at radius 2 is 2.03 bits per heavy atom. The number of piperidine rings is 1. The van der Waals surface area contributed by atoms with E-state index in [0.29, 0.717) is 22.9 Å². The molecule has 0 aliphatic carbocycles. The topological polar surface area (TPSA) is 112 Å². The lowest BCUT2D eigenvalue weighted by molar-refractivity contribution is -0.129. The zero-order valence-electron chi connectivity index (χ0n) is 18.4. The second-order valence-electron chi connectivity index (χ2n) is 7.37. The molecule has 0 atom stereocenters. The molecule has 8 heteroatoms. The number of allylic oxidation sites excluding steroid dienone is 4. The molecule has 0 radical (unpaired) electrons. The molecule has 31 heavy (non-hydrogen) atoms. The zero-order valence-corrected chi connectivity index (χ0v) is 19.2. The summed E-state index contributed by atoms with van der Waals surface area (Å²) in [5.74, 6) is 0.116. The molecule has 1 aromatic heterocycles. The third-order valence-corrected chi connectivity index (χ3v) is 6.29. The van der Waals surface area contributed by atoms with E-state index in [2.05, 4.69) is 23.3 Å². The van der Waals surface area contributed by atoms with Gasteiger partial charge in [0.25, 0.3) is 5.91 Å². The highest BCUT2D eigenvalue weighted by molar-refractivity contribution is 8.03. The maximum atomic E-state index is 12.4. The van der Waals surface area contributed by atoms with Crippen molar-refractivity contribution in [3.05, 3.63) is 58.2 Å². The third kappa shape index (κ3) is 7.71. The Hall–Kier alpha value is -2.87. The molecule has 166 valence electrons. The van der Waals surface area contributed by atoms with Gasteiger partial charge in [-0.3, -0.25) is 9.59 Å². The van der Waals surface area contributed by atoms with Gasteiger partial charge in [0, 0.05) is 49.8 Å². The molecule has 1 aliphatic rings. The number of nitrogens with zero attached hydrogens (tertiary/aromatic N) is 2. The van der Waals surface area contributed by atoms with Crippen LogP contribution in [0.3, 0.4) is 0 Å². The monoisotopic (exact) mass is 441 g/mol. The Balaban J connectivity index is 1.94. The maximum absolute atomic E-state index is 12.4. The summed E-state index contributed by atoms with van der Waals surface area (Å²) in [6.07, 6.45) is 12.5. The van der Waals surface area contributed by atoms with Gasteiger partial charge in [0.1, 0.15) is 5.82 Å². The number of likely N-dealkylation sites (tertiary alicyclic amines) is 1. The lowest BCUT2D eigenvalue weighted by Gasteiger charge is -2.31. The fourth-order valence-electron chi connectivity index (χ4n) is 3.22. The molecule has 1 aliphatic heterocycles. The molecule has 1 aromatic rings. The molecule has 2 heterocycles. The fourth-order valence-corrected chi connectivity index (χ4v) is 4.34. The van der Waals surface area contributed by atoms with E-state index >= 15 is 0 Å². The zero-order chi connectivity index (χ0) is 22.8. The number of carbonyl (C=O) groups is 2. The number of anilines is 1. The van der Waals surface area contributed by atoms with Crippen LogP contribution in [0.4, 0.5) is 5.82 Å². The van der Waals surface area contributed by atoms with Crippen molar-refractivity contribution in [1.29, 1.82) is 5.41 Å². The second-order valence-corrected chi connectivity index (χ2v) is 8.91. The molecule has 2 rings (SSSR count). The van der Waals surface area contributed by atoms with Crippen molar-refractivity contribution < 1.29 is 9.59 Å². The van der Waals surface area contributed by atoms with E-state index in [9.17, 15) is 9.59 Å². The molecular weight excluding hydrogens is 410 g/mol. The minimum atomic E-state index is -0.265. The molecule has 0 spiro atoms. The summed E-state index contributed by atoms with van der Waals surface area (Å²) in [7, 11) is 0. The molecule has 0 saturated carbocycles. The molecule has 0 aromatic carbocycles. The first-order chi connectivity index (χ1) is 14.8. The maximum Gasteiger partial charge on any atom is 0.253 e. The van der Waals surface area contributed by atoms with Crippen LogP contribution in [0.2, 0.25) is 0 Å². The van der Waals surface area contributed by atoms with E-state index < -0.39 is 0 Å². The van der Waals surface area contributed by atoms with Crippen molar-refractivity contribution in [2.75, 3.05) is 25.4 Å². The van der Waals surface area contributed by atoms with Crippen molar-refractivity contribution in [1.82, 2.24) is 15.2 Å². The summed E-state index contributed by atoms with van der Waals surface area (Å²) in [5.41, 5.74) is 7.43. The van der Waals surface area contributed by atoms with Crippen LogP contribution in [-0.4, -0.2) is 52.8 Å². The number of hydrogen-bond donors (Lipinski definition) is 3. The van der Waals surface area contributed by atoms with Crippen molar-refractivity contribution in [2.45, 2.75) is 38.9 Å². The standard InChI is InChI=1S/C23H31N5O2S/c1-4-5-18(14-27-23(30)20-12-19(13-24)22(25)26-15-20)7-6-16(2)31-21-8-10-28(11-9-21)17(3)29/h4-7,12-13,15,21,24H,8-11,14H2,1-3H3,(H2,25,26)(H,27,30)/b5-4-,16-6+,18-7+,24-13?. The molecule has 2 amide bonds. The normalized spacial score (nSPS) is 15.9. The number of thioether (sulfide) groups is 1. The largest absolute Gasteiger partial charge is 0.383 e. The average Bonchev–Trinajstić information content (AvgIpc) is 2.76. The molecule has 4 N–H and O–H groups in total. The Morgan fingerprint density at radius 3 is 2.65 bits per heavy atom. The molecule has 0 unspecified atom stereocenters. The van der Waals surface area contributed by atoms with E-state index in [1.54, 1.807) is 13.0 Å². The minimum Gasteiger partial charge on any atom is -0.383 e. The molecule has 0 bridgehead atoms. The first-order valence-corrected chi connectivity index (χ1v) is 11.2. The number of rotatable bonds is 8. The van der Waals surface area contributed by atoms with Gasteiger partial charge in [0.2, 0.25) is 5.91 Å². The van der Waals surface area contributed by atoms with Gasteiger partial charge in [-0.25, -0.2) is 4.98 Å². The van der Waals surface area contributed by atoms with Crippen LogP contribution in [0.25, 0.3) is 0 Å². The fraction of sp³-hybridized carbons (Fsp3) is 0.391. The van der Waals surface area contributed by atoms with Gasteiger partial charge in [-0.05, 0) is 43.2 Å². The third-order valence-electron chi connectivity index (χ3n) is 4.97. The Kier molecular flexibility index (Phi) is 9.52. The number of nitrogen functional groups attached to an aromatic ring is 1. The van der Waals surface area contributed by atoms with Crippen molar-refractivity contribution in [3.8, 4) is 0 Å². The van der Waals surface area contributed by atoms with Gasteiger partial charge in [0.15, 0.2) is 0 Å². The van der Waals surface area contributed by atoms with Gasteiger partial charge >= 0.3 is 0 Å². The van der Waals surface area contributed by atoms with E-state index in [1.165, 1.54) is 11.1 Å². The lowest BCUT2D eigenvalue weighted by atomic mass is 10.1. The lowest BCUT2D eigenvalue weighted by Crippen LogP contribution is -2.37. The summed E-state index contributed by atoms with van der Waals surface area (Å²) in [5, 5.41) is 10.7. The second kappa shape index (κ2) is 12.1. The Bertz CT molecular complexity index is 899. The van der Waals surface area contributed by atoms with Crippen LogP contribution in [0.15, 0.2) is 47.0 Å². The highest BCUT2D eigenvalue weighted by Gasteiger charge is 2.21. The summed E-state index contributed by atoms with van der Waals surface area (Å²) in [6, 6.07) is 1.56. The average molecular weight is 442 g/mol. The van der Waals surface area contributed by atoms with E-state index in [4.69, 9.17) is 11.1 Å². The van der Waals surface area contributed by atoms with Crippen LogP contribution in [0.1, 0.15) is 49.5 Å². The number of nitrogens with two attached hydrogens (primary N) is 1. The van der Waals surface area contributed by atoms with Crippen LogP contribution >= 0.6 is 11.8 Å². The number of amides is 2.